The van der Waals surface area contributed by atoms with E-state index in [0.717, 1.165) is 36.3 Å². The van der Waals surface area contributed by atoms with Crippen LogP contribution in [0.1, 0.15) is 12.0 Å². The maximum absolute atomic E-state index is 5.78. The highest BCUT2D eigenvalue weighted by Crippen LogP contribution is 2.35. The second-order valence-electron chi connectivity index (χ2n) is 3.99. The van der Waals surface area contributed by atoms with Gasteiger partial charge in [0.05, 0.1) is 6.61 Å². The molecule has 0 fully saturated rings. The molecule has 0 unspecified atom stereocenters. The monoisotopic (exact) mass is 211 g/mol. The molecule has 0 amide bonds. The lowest BCUT2D eigenvalue weighted by molar-refractivity contribution is 0.289. The Morgan fingerprint density at radius 1 is 1.12 bits per heavy atom. The lowest BCUT2D eigenvalue weighted by atomic mass is 9.99. The second kappa shape index (κ2) is 3.97. The van der Waals surface area contributed by atoms with Crippen molar-refractivity contribution in [3.63, 3.8) is 0 Å². The van der Waals surface area contributed by atoms with Crippen molar-refractivity contribution in [2.45, 2.75) is 12.8 Å². The van der Waals surface area contributed by atoms with E-state index < -0.39 is 0 Å². The largest absolute Gasteiger partial charge is 0.493 e. The Morgan fingerprint density at radius 3 is 3.00 bits per heavy atom. The first-order valence-corrected chi connectivity index (χ1v) is 5.60. The summed E-state index contributed by atoms with van der Waals surface area (Å²) >= 11 is 0. The molecule has 0 aliphatic carbocycles. The van der Waals surface area contributed by atoms with Gasteiger partial charge in [-0.3, -0.25) is 4.98 Å². The summed E-state index contributed by atoms with van der Waals surface area (Å²) in [5.41, 5.74) is 3.60. The molecule has 0 saturated heterocycles. The number of hydrogen-bond acceptors (Lipinski definition) is 2. The highest BCUT2D eigenvalue weighted by Gasteiger charge is 2.14. The Kier molecular flexibility index (Phi) is 2.33. The smallest absolute Gasteiger partial charge is 0.130 e. The summed E-state index contributed by atoms with van der Waals surface area (Å²) in [5.74, 6) is 1.04. The van der Waals surface area contributed by atoms with Gasteiger partial charge in [-0.05, 0) is 24.5 Å². The number of nitrogens with zero attached hydrogens (tertiary/aromatic N) is 1. The molecule has 0 bridgehead atoms. The van der Waals surface area contributed by atoms with Crippen molar-refractivity contribution in [2.24, 2.45) is 0 Å². The van der Waals surface area contributed by atoms with Crippen molar-refractivity contribution >= 4 is 0 Å². The summed E-state index contributed by atoms with van der Waals surface area (Å²) in [6.45, 7) is 0.824. The number of benzene rings is 1. The number of ether oxygens (including phenoxy) is 1. The molecule has 0 atom stereocenters. The lowest BCUT2D eigenvalue weighted by Crippen LogP contribution is -2.09. The van der Waals surface area contributed by atoms with E-state index >= 15 is 0 Å². The average molecular weight is 211 g/mol. The summed E-state index contributed by atoms with van der Waals surface area (Å²) < 4.78 is 5.78. The second-order valence-corrected chi connectivity index (χ2v) is 3.99. The molecule has 2 aromatic rings. The SMILES string of the molecule is c1cncc(-c2cccc3c2OCCC3)c1. The minimum Gasteiger partial charge on any atom is -0.493 e. The van der Waals surface area contributed by atoms with Crippen LogP contribution < -0.4 is 4.74 Å². The molecule has 1 aliphatic heterocycles. The Morgan fingerprint density at radius 2 is 2.12 bits per heavy atom. The lowest BCUT2D eigenvalue weighted by Gasteiger charge is -2.20. The van der Waals surface area contributed by atoms with Crippen LogP contribution in [0.2, 0.25) is 0 Å². The van der Waals surface area contributed by atoms with Gasteiger partial charge in [0, 0.05) is 23.5 Å². The first-order chi connectivity index (χ1) is 7.95. The fraction of sp³-hybridized carbons (Fsp3) is 0.214. The van der Waals surface area contributed by atoms with Gasteiger partial charge in [-0.15, -0.1) is 0 Å². The molecule has 16 heavy (non-hydrogen) atoms. The molecule has 2 heteroatoms. The third kappa shape index (κ3) is 1.56. The number of fused-ring (bicyclic) bond motifs is 1. The zero-order valence-corrected chi connectivity index (χ0v) is 9.02. The molecule has 0 saturated carbocycles. The number of para-hydroxylation sites is 1. The van der Waals surface area contributed by atoms with Crippen molar-refractivity contribution < 1.29 is 4.74 Å². The fourth-order valence-electron chi connectivity index (χ4n) is 2.14. The highest BCUT2D eigenvalue weighted by atomic mass is 16.5. The number of pyridine rings is 1. The Balaban J connectivity index is 2.14. The van der Waals surface area contributed by atoms with Crippen molar-refractivity contribution in [3.8, 4) is 16.9 Å². The molecule has 2 nitrogen and oxygen atoms in total. The zero-order chi connectivity index (χ0) is 10.8. The van der Waals surface area contributed by atoms with Crippen molar-refractivity contribution in [3.05, 3.63) is 48.3 Å². The molecular formula is C14H13NO. The van der Waals surface area contributed by atoms with Gasteiger partial charge >= 0.3 is 0 Å². The van der Waals surface area contributed by atoms with Gasteiger partial charge in [-0.1, -0.05) is 24.3 Å². The quantitative estimate of drug-likeness (QED) is 0.723. The van der Waals surface area contributed by atoms with Crippen LogP contribution in [0.3, 0.4) is 0 Å². The first kappa shape index (κ1) is 9.40. The minimum absolute atomic E-state index is 0.824. The Hall–Kier alpha value is -1.83. The zero-order valence-electron chi connectivity index (χ0n) is 9.02. The van der Waals surface area contributed by atoms with E-state index in [1.807, 2.05) is 12.3 Å². The van der Waals surface area contributed by atoms with Crippen molar-refractivity contribution in [2.75, 3.05) is 6.61 Å². The summed E-state index contributed by atoms with van der Waals surface area (Å²) in [6.07, 6.45) is 5.90. The van der Waals surface area contributed by atoms with Crippen LogP contribution in [0, 0.1) is 0 Å². The van der Waals surface area contributed by atoms with Crippen molar-refractivity contribution in [1.29, 1.82) is 0 Å². The predicted octanol–water partition coefficient (Wildman–Crippen LogP) is 3.07. The van der Waals surface area contributed by atoms with E-state index in [9.17, 15) is 0 Å². The number of aryl methyl sites for hydroxylation is 1. The van der Waals surface area contributed by atoms with Gasteiger partial charge in [-0.25, -0.2) is 0 Å². The first-order valence-electron chi connectivity index (χ1n) is 5.60. The van der Waals surface area contributed by atoms with Gasteiger partial charge in [-0.2, -0.15) is 0 Å². The maximum atomic E-state index is 5.78. The molecule has 1 aliphatic rings. The van der Waals surface area contributed by atoms with Crippen LogP contribution >= 0.6 is 0 Å². The molecule has 1 aromatic heterocycles. The van der Waals surface area contributed by atoms with Crippen LogP contribution in [0.15, 0.2) is 42.7 Å². The van der Waals surface area contributed by atoms with Gasteiger partial charge < -0.3 is 4.74 Å². The Bertz CT molecular complexity index is 493. The minimum atomic E-state index is 0.824. The number of rotatable bonds is 1. The normalized spacial score (nSPS) is 14.0. The van der Waals surface area contributed by atoms with Crippen molar-refractivity contribution in [1.82, 2.24) is 4.98 Å². The fourth-order valence-corrected chi connectivity index (χ4v) is 2.14. The van der Waals surface area contributed by atoms with Crippen LogP contribution in [0.4, 0.5) is 0 Å². The van der Waals surface area contributed by atoms with Crippen LogP contribution in [-0.4, -0.2) is 11.6 Å². The molecule has 80 valence electrons. The van der Waals surface area contributed by atoms with E-state index in [-0.39, 0.29) is 0 Å². The summed E-state index contributed by atoms with van der Waals surface area (Å²) in [7, 11) is 0. The van der Waals surface area contributed by atoms with Crippen LogP contribution in [-0.2, 0) is 6.42 Å². The van der Waals surface area contributed by atoms with E-state index in [0.29, 0.717) is 0 Å². The molecule has 1 aromatic carbocycles. The summed E-state index contributed by atoms with van der Waals surface area (Å²) in [5, 5.41) is 0. The average Bonchev–Trinajstić information content (AvgIpc) is 2.39. The Labute approximate surface area is 94.9 Å². The number of aromatic nitrogens is 1. The third-order valence-corrected chi connectivity index (χ3v) is 2.91. The van der Waals surface area contributed by atoms with E-state index in [1.165, 1.54) is 5.56 Å². The molecule has 0 spiro atoms. The van der Waals surface area contributed by atoms with Gasteiger partial charge in [0.15, 0.2) is 0 Å². The third-order valence-electron chi connectivity index (χ3n) is 2.91. The molecule has 0 radical (unpaired) electrons. The van der Waals surface area contributed by atoms with Gasteiger partial charge in [0.25, 0.3) is 0 Å². The molecular weight excluding hydrogens is 198 g/mol. The summed E-state index contributed by atoms with van der Waals surface area (Å²) in [6, 6.07) is 10.4. The molecule has 3 rings (SSSR count). The maximum Gasteiger partial charge on any atom is 0.130 e. The molecule has 0 N–H and O–H groups in total. The standard InChI is InChI=1S/C14H13NO/c1-4-11-6-3-9-16-14(11)13(7-1)12-5-2-8-15-10-12/h1-2,4-5,7-8,10H,3,6,9H2. The van der Waals surface area contributed by atoms with Crippen LogP contribution in [0.25, 0.3) is 11.1 Å². The topological polar surface area (TPSA) is 22.1 Å². The van der Waals surface area contributed by atoms with E-state index in [1.54, 1.807) is 6.20 Å². The number of hydrogen-bond donors (Lipinski definition) is 0. The highest BCUT2D eigenvalue weighted by molar-refractivity contribution is 5.71. The summed E-state index contributed by atoms with van der Waals surface area (Å²) in [4.78, 5) is 4.15. The van der Waals surface area contributed by atoms with E-state index in [4.69, 9.17) is 4.74 Å². The van der Waals surface area contributed by atoms with E-state index in [2.05, 4.69) is 29.2 Å². The van der Waals surface area contributed by atoms with Gasteiger partial charge in [0.2, 0.25) is 0 Å². The molecule has 2 heterocycles. The van der Waals surface area contributed by atoms with Gasteiger partial charge in [0.1, 0.15) is 5.75 Å². The predicted molar refractivity (Wildman–Crippen MR) is 63.5 cm³/mol. The van der Waals surface area contributed by atoms with Crippen LogP contribution in [0.5, 0.6) is 5.75 Å².